The van der Waals surface area contributed by atoms with Crippen LogP contribution in [0.4, 0.5) is 10.9 Å². The molecule has 0 saturated carbocycles. The third kappa shape index (κ3) is 5.27. The van der Waals surface area contributed by atoms with Crippen LogP contribution < -0.4 is 5.32 Å². The first-order valence-electron chi connectivity index (χ1n) is 11.2. The molecule has 170 valence electrons. The van der Waals surface area contributed by atoms with Gasteiger partial charge in [0.25, 0.3) is 0 Å². The fourth-order valence-corrected chi connectivity index (χ4v) is 6.13. The van der Waals surface area contributed by atoms with Gasteiger partial charge in [-0.05, 0) is 75.5 Å². The number of halogens is 1. The fraction of sp³-hybridized carbons (Fsp3) is 0.320. The van der Waals surface area contributed by atoms with Crippen molar-refractivity contribution in [3.8, 4) is 10.6 Å². The van der Waals surface area contributed by atoms with Crippen molar-refractivity contribution in [2.75, 3.05) is 18.4 Å². The molecule has 0 aliphatic carbocycles. The maximum atomic E-state index is 6.09. The van der Waals surface area contributed by atoms with Gasteiger partial charge >= 0.3 is 0 Å². The summed E-state index contributed by atoms with van der Waals surface area (Å²) in [5.74, 6) is 0.809. The van der Waals surface area contributed by atoms with Crippen molar-refractivity contribution >= 4 is 45.2 Å². The second-order valence-corrected chi connectivity index (χ2v) is 10.9. The van der Waals surface area contributed by atoms with E-state index in [9.17, 15) is 0 Å². The van der Waals surface area contributed by atoms with Gasteiger partial charge in [-0.3, -0.25) is 4.90 Å². The lowest BCUT2D eigenvalue weighted by molar-refractivity contribution is 0.243. The quantitative estimate of drug-likeness (QED) is 0.297. The van der Waals surface area contributed by atoms with Gasteiger partial charge in [0.15, 0.2) is 5.13 Å². The third-order valence-electron chi connectivity index (χ3n) is 5.97. The number of nitrogens with one attached hydrogen (secondary N) is 1. The van der Waals surface area contributed by atoms with Crippen molar-refractivity contribution < 1.29 is 0 Å². The van der Waals surface area contributed by atoms with Crippen LogP contribution >= 0.6 is 34.3 Å². The Morgan fingerprint density at radius 3 is 2.52 bits per heavy atom. The minimum atomic E-state index is 0.319. The first kappa shape index (κ1) is 22.5. The van der Waals surface area contributed by atoms with Crippen LogP contribution in [0.5, 0.6) is 0 Å². The summed E-state index contributed by atoms with van der Waals surface area (Å²) in [5.41, 5.74) is 4.54. The van der Waals surface area contributed by atoms with E-state index in [2.05, 4.69) is 44.8 Å². The third-order valence-corrected chi connectivity index (χ3v) is 8.08. The van der Waals surface area contributed by atoms with Crippen LogP contribution in [0.1, 0.15) is 40.7 Å². The summed E-state index contributed by atoms with van der Waals surface area (Å²) in [6.07, 6.45) is 5.48. The van der Waals surface area contributed by atoms with Gasteiger partial charge in [-0.25, -0.2) is 15.0 Å². The van der Waals surface area contributed by atoms with Crippen molar-refractivity contribution in [3.63, 3.8) is 0 Å². The highest BCUT2D eigenvalue weighted by molar-refractivity contribution is 7.16. The van der Waals surface area contributed by atoms with Crippen molar-refractivity contribution in [1.82, 2.24) is 19.9 Å². The number of rotatable bonds is 7. The number of aromatic nitrogens is 3. The van der Waals surface area contributed by atoms with E-state index < -0.39 is 0 Å². The smallest absolute Gasteiger partial charge is 0.188 e. The molecule has 0 radical (unpaired) electrons. The molecular weight excluding hydrogens is 470 g/mol. The molecule has 4 heterocycles. The summed E-state index contributed by atoms with van der Waals surface area (Å²) >= 11 is 9.36. The first-order chi connectivity index (χ1) is 16.0. The Kier molecular flexibility index (Phi) is 6.74. The number of benzene rings is 1. The zero-order valence-electron chi connectivity index (χ0n) is 18.7. The molecular formula is C25H26ClN5S2. The van der Waals surface area contributed by atoms with E-state index in [1.807, 2.05) is 32.2 Å². The summed E-state index contributed by atoms with van der Waals surface area (Å²) in [7, 11) is 0. The predicted molar refractivity (Wildman–Crippen MR) is 139 cm³/mol. The second kappa shape index (κ2) is 9.89. The Balaban J connectivity index is 1.32. The molecule has 1 saturated heterocycles. The number of nitrogens with zero attached hydrogens (tertiary/aromatic N) is 4. The van der Waals surface area contributed by atoms with E-state index in [1.165, 1.54) is 24.0 Å². The highest BCUT2D eigenvalue weighted by atomic mass is 35.5. The van der Waals surface area contributed by atoms with Gasteiger partial charge in [-0.1, -0.05) is 29.8 Å². The molecule has 1 unspecified atom stereocenters. The van der Waals surface area contributed by atoms with Gasteiger partial charge < -0.3 is 5.32 Å². The van der Waals surface area contributed by atoms with Crippen LogP contribution in [0.25, 0.3) is 10.6 Å². The minimum Gasteiger partial charge on any atom is -0.316 e. The number of hydrogen-bond acceptors (Lipinski definition) is 7. The summed E-state index contributed by atoms with van der Waals surface area (Å²) < 4.78 is 0. The standard InChI is InChI=1S/C25H26ClN5S2/c1-16-24(33-17(2)28-16)21-15-32-25(29-21)30-23-10-7-19(14-27-23)22(31-11-3-4-12-31)13-18-5-8-20(26)9-6-18/h5-10,14-15,22H,3-4,11-13H2,1-2H3,(H,27,29,30). The number of aryl methyl sites for hydroxylation is 2. The molecule has 1 N–H and O–H groups in total. The lowest BCUT2D eigenvalue weighted by Crippen LogP contribution is -2.27. The predicted octanol–water partition coefficient (Wildman–Crippen LogP) is 7.06. The Morgan fingerprint density at radius 1 is 1.06 bits per heavy atom. The van der Waals surface area contributed by atoms with Gasteiger partial charge in [0.1, 0.15) is 5.82 Å². The average Bonchev–Trinajstić information content (AvgIpc) is 3.56. The van der Waals surface area contributed by atoms with Crippen LogP contribution in [0, 0.1) is 13.8 Å². The molecule has 3 aromatic heterocycles. The molecule has 0 spiro atoms. The normalized spacial score (nSPS) is 15.1. The number of pyridine rings is 1. The van der Waals surface area contributed by atoms with Crippen molar-refractivity contribution in [2.45, 2.75) is 39.2 Å². The second-order valence-electron chi connectivity index (χ2n) is 8.38. The van der Waals surface area contributed by atoms with Crippen LogP contribution in [0.2, 0.25) is 5.02 Å². The van der Waals surface area contributed by atoms with E-state index in [0.717, 1.165) is 56.8 Å². The fourth-order valence-electron chi connectivity index (χ4n) is 4.35. The highest BCUT2D eigenvalue weighted by Crippen LogP contribution is 2.33. The van der Waals surface area contributed by atoms with Crippen molar-refractivity contribution in [2.24, 2.45) is 0 Å². The molecule has 5 nitrogen and oxygen atoms in total. The highest BCUT2D eigenvalue weighted by Gasteiger charge is 2.24. The summed E-state index contributed by atoms with van der Waals surface area (Å²) in [6.45, 7) is 6.33. The molecule has 1 aliphatic rings. The molecule has 0 amide bonds. The van der Waals surface area contributed by atoms with Gasteiger partial charge in [0, 0.05) is 22.6 Å². The maximum Gasteiger partial charge on any atom is 0.188 e. The average molecular weight is 496 g/mol. The van der Waals surface area contributed by atoms with E-state index in [4.69, 9.17) is 21.6 Å². The largest absolute Gasteiger partial charge is 0.316 e. The van der Waals surface area contributed by atoms with Gasteiger partial charge in [0.05, 0.1) is 21.3 Å². The number of hydrogen-bond donors (Lipinski definition) is 1. The Labute approximate surface area is 207 Å². The number of likely N-dealkylation sites (tertiary alicyclic amines) is 1. The first-order valence-corrected chi connectivity index (χ1v) is 13.2. The monoisotopic (exact) mass is 495 g/mol. The summed E-state index contributed by atoms with van der Waals surface area (Å²) in [5, 5.41) is 8.12. The Morgan fingerprint density at radius 2 is 1.85 bits per heavy atom. The zero-order chi connectivity index (χ0) is 22.8. The van der Waals surface area contributed by atoms with Gasteiger partial charge in [-0.15, -0.1) is 22.7 Å². The SMILES string of the molecule is Cc1nc(C)c(-c2csc(Nc3ccc(C(Cc4ccc(Cl)cc4)N4CCCC4)cn3)n2)s1. The van der Waals surface area contributed by atoms with Crippen LogP contribution in [0.3, 0.4) is 0 Å². The van der Waals surface area contributed by atoms with E-state index in [-0.39, 0.29) is 0 Å². The van der Waals surface area contributed by atoms with E-state index in [1.54, 1.807) is 22.7 Å². The Hall–Kier alpha value is -2.32. The maximum absolute atomic E-state index is 6.09. The van der Waals surface area contributed by atoms with Crippen molar-refractivity contribution in [1.29, 1.82) is 0 Å². The van der Waals surface area contributed by atoms with Crippen LogP contribution in [-0.2, 0) is 6.42 Å². The van der Waals surface area contributed by atoms with Gasteiger partial charge in [-0.2, -0.15) is 0 Å². The molecule has 1 aromatic carbocycles. The van der Waals surface area contributed by atoms with Crippen molar-refractivity contribution in [3.05, 3.63) is 74.8 Å². The molecule has 8 heteroatoms. The zero-order valence-corrected chi connectivity index (χ0v) is 21.1. The molecule has 0 bridgehead atoms. The number of thiazole rings is 2. The minimum absolute atomic E-state index is 0.319. The lowest BCUT2D eigenvalue weighted by atomic mass is 9.99. The summed E-state index contributed by atoms with van der Waals surface area (Å²) in [4.78, 5) is 17.7. The molecule has 1 fully saturated rings. The van der Waals surface area contributed by atoms with E-state index >= 15 is 0 Å². The van der Waals surface area contributed by atoms with Crippen LogP contribution in [0.15, 0.2) is 48.0 Å². The lowest BCUT2D eigenvalue weighted by Gasteiger charge is -2.28. The van der Waals surface area contributed by atoms with E-state index in [0.29, 0.717) is 6.04 Å². The molecule has 4 aromatic rings. The number of anilines is 2. The molecule has 1 aliphatic heterocycles. The molecule has 5 rings (SSSR count). The summed E-state index contributed by atoms with van der Waals surface area (Å²) in [6, 6.07) is 12.8. The molecule has 33 heavy (non-hydrogen) atoms. The molecule has 1 atom stereocenters. The van der Waals surface area contributed by atoms with Crippen LogP contribution in [-0.4, -0.2) is 32.9 Å². The topological polar surface area (TPSA) is 53.9 Å². The Bertz CT molecular complexity index is 1210. The van der Waals surface area contributed by atoms with Gasteiger partial charge in [0.2, 0.25) is 0 Å².